The van der Waals surface area contributed by atoms with E-state index in [1.165, 1.54) is 18.5 Å². The maximum atomic E-state index is 11.5. The summed E-state index contributed by atoms with van der Waals surface area (Å²) in [6, 6.07) is 0. The van der Waals surface area contributed by atoms with Crippen LogP contribution in [0.25, 0.3) is 0 Å². The molecule has 4 nitrogen and oxygen atoms in total. The second kappa shape index (κ2) is 2.94. The molecule has 2 heterocycles. The highest BCUT2D eigenvalue weighted by atomic mass is 16.1. The van der Waals surface area contributed by atoms with E-state index >= 15 is 0 Å². The number of hydrogen-bond donors (Lipinski definition) is 1. The SMILES string of the molecule is CN(C)c1c2n([nH]c1=O)CCCC2. The molecule has 0 unspecified atom stereocenters. The average molecular weight is 181 g/mol. The van der Waals surface area contributed by atoms with Crippen molar-refractivity contribution in [3.05, 3.63) is 16.0 Å². The number of hydrogen-bond acceptors (Lipinski definition) is 2. The summed E-state index contributed by atoms with van der Waals surface area (Å²) >= 11 is 0. The molecule has 0 aliphatic carbocycles. The fraction of sp³-hybridized carbons (Fsp3) is 0.667. The van der Waals surface area contributed by atoms with Gasteiger partial charge in [0.2, 0.25) is 0 Å². The largest absolute Gasteiger partial charge is 0.372 e. The Morgan fingerprint density at radius 1 is 1.38 bits per heavy atom. The van der Waals surface area contributed by atoms with Crippen LogP contribution in [0.4, 0.5) is 5.69 Å². The number of nitrogens with one attached hydrogen (secondary N) is 1. The summed E-state index contributed by atoms with van der Waals surface area (Å²) in [5, 5.41) is 2.87. The molecule has 0 atom stereocenters. The molecule has 72 valence electrons. The number of rotatable bonds is 1. The van der Waals surface area contributed by atoms with Gasteiger partial charge in [0.15, 0.2) is 0 Å². The highest BCUT2D eigenvalue weighted by Gasteiger charge is 2.18. The fourth-order valence-corrected chi connectivity index (χ4v) is 1.97. The third-order valence-corrected chi connectivity index (χ3v) is 2.54. The Balaban J connectivity index is 2.55. The monoisotopic (exact) mass is 181 g/mol. The smallest absolute Gasteiger partial charge is 0.287 e. The molecule has 0 radical (unpaired) electrons. The number of fused-ring (bicyclic) bond motifs is 1. The lowest BCUT2D eigenvalue weighted by Crippen LogP contribution is -2.18. The van der Waals surface area contributed by atoms with E-state index in [1.54, 1.807) is 0 Å². The highest BCUT2D eigenvalue weighted by Crippen LogP contribution is 2.20. The van der Waals surface area contributed by atoms with Crippen LogP contribution in [-0.4, -0.2) is 23.9 Å². The van der Waals surface area contributed by atoms with Crippen LogP contribution in [0.2, 0.25) is 0 Å². The molecule has 0 spiro atoms. The van der Waals surface area contributed by atoms with Gasteiger partial charge in [0.25, 0.3) is 5.56 Å². The summed E-state index contributed by atoms with van der Waals surface area (Å²) in [7, 11) is 3.83. The fourth-order valence-electron chi connectivity index (χ4n) is 1.97. The molecule has 1 aliphatic heterocycles. The van der Waals surface area contributed by atoms with Crippen LogP contribution < -0.4 is 10.5 Å². The maximum Gasteiger partial charge on any atom is 0.287 e. The van der Waals surface area contributed by atoms with Crippen LogP contribution in [0, 0.1) is 0 Å². The topological polar surface area (TPSA) is 41.0 Å². The molecule has 1 aromatic rings. The molecular formula is C9H15N3O. The van der Waals surface area contributed by atoms with E-state index in [-0.39, 0.29) is 5.56 Å². The highest BCUT2D eigenvalue weighted by molar-refractivity contribution is 5.48. The standard InChI is InChI=1S/C9H15N3O/c1-11(2)8-7-5-3-4-6-12(7)10-9(8)13/h3-6H2,1-2H3,(H,10,13). The van der Waals surface area contributed by atoms with E-state index in [1.807, 2.05) is 23.7 Å². The minimum Gasteiger partial charge on any atom is -0.372 e. The first kappa shape index (κ1) is 8.41. The zero-order chi connectivity index (χ0) is 9.42. The van der Waals surface area contributed by atoms with Crippen LogP contribution in [0.5, 0.6) is 0 Å². The van der Waals surface area contributed by atoms with Gasteiger partial charge in [-0.2, -0.15) is 0 Å². The van der Waals surface area contributed by atoms with Crippen LogP contribution in [0.3, 0.4) is 0 Å². The van der Waals surface area contributed by atoms with Gasteiger partial charge in [-0.15, -0.1) is 0 Å². The van der Waals surface area contributed by atoms with E-state index in [2.05, 4.69) is 5.10 Å². The van der Waals surface area contributed by atoms with Crippen molar-refractivity contribution in [2.45, 2.75) is 25.8 Å². The molecule has 2 rings (SSSR count). The Labute approximate surface area is 77.1 Å². The van der Waals surface area contributed by atoms with Gasteiger partial charge >= 0.3 is 0 Å². The quantitative estimate of drug-likeness (QED) is 0.688. The first-order valence-corrected chi connectivity index (χ1v) is 4.69. The average Bonchev–Trinajstić information content (AvgIpc) is 2.39. The lowest BCUT2D eigenvalue weighted by molar-refractivity contribution is 0.484. The van der Waals surface area contributed by atoms with Crippen molar-refractivity contribution in [1.82, 2.24) is 9.78 Å². The third-order valence-electron chi connectivity index (χ3n) is 2.54. The number of aryl methyl sites for hydroxylation is 1. The molecule has 0 bridgehead atoms. The zero-order valence-electron chi connectivity index (χ0n) is 8.13. The Morgan fingerprint density at radius 3 is 2.85 bits per heavy atom. The zero-order valence-corrected chi connectivity index (χ0v) is 8.13. The van der Waals surface area contributed by atoms with Gasteiger partial charge in [0, 0.05) is 20.6 Å². The van der Waals surface area contributed by atoms with Crippen molar-refractivity contribution in [3.8, 4) is 0 Å². The van der Waals surface area contributed by atoms with Gasteiger partial charge in [-0.1, -0.05) is 0 Å². The van der Waals surface area contributed by atoms with Gasteiger partial charge in [-0.05, 0) is 19.3 Å². The van der Waals surface area contributed by atoms with Crippen LogP contribution in [-0.2, 0) is 13.0 Å². The number of H-pyrrole nitrogens is 1. The lowest BCUT2D eigenvalue weighted by atomic mass is 10.1. The van der Waals surface area contributed by atoms with E-state index < -0.39 is 0 Å². The van der Waals surface area contributed by atoms with Gasteiger partial charge in [-0.25, -0.2) is 0 Å². The third kappa shape index (κ3) is 1.26. The lowest BCUT2D eigenvalue weighted by Gasteiger charge is -2.17. The predicted molar refractivity (Wildman–Crippen MR) is 52.3 cm³/mol. The van der Waals surface area contributed by atoms with Gasteiger partial charge in [0.1, 0.15) is 5.69 Å². The van der Waals surface area contributed by atoms with Crippen LogP contribution in [0.1, 0.15) is 18.5 Å². The summed E-state index contributed by atoms with van der Waals surface area (Å²) < 4.78 is 1.99. The number of aromatic nitrogens is 2. The molecule has 0 saturated heterocycles. The molecule has 0 aromatic carbocycles. The summed E-state index contributed by atoms with van der Waals surface area (Å²) in [6.07, 6.45) is 3.38. The molecule has 0 fully saturated rings. The van der Waals surface area contributed by atoms with E-state index in [0.29, 0.717) is 0 Å². The Bertz CT molecular complexity index is 361. The summed E-state index contributed by atoms with van der Waals surface area (Å²) in [5.41, 5.74) is 2.04. The Kier molecular flexibility index (Phi) is 1.90. The predicted octanol–water partition coefficient (Wildman–Crippen LogP) is 0.579. The van der Waals surface area contributed by atoms with E-state index in [0.717, 1.165) is 18.7 Å². The maximum absolute atomic E-state index is 11.5. The summed E-state index contributed by atoms with van der Waals surface area (Å²) in [5.74, 6) is 0. The molecule has 1 aromatic heterocycles. The van der Waals surface area contributed by atoms with Crippen molar-refractivity contribution in [1.29, 1.82) is 0 Å². The second-order valence-corrected chi connectivity index (χ2v) is 3.74. The van der Waals surface area contributed by atoms with Crippen molar-refractivity contribution < 1.29 is 0 Å². The minimum absolute atomic E-state index is 0.0434. The van der Waals surface area contributed by atoms with Gasteiger partial charge in [-0.3, -0.25) is 14.6 Å². The van der Waals surface area contributed by atoms with Crippen molar-refractivity contribution >= 4 is 5.69 Å². The molecular weight excluding hydrogens is 166 g/mol. The van der Waals surface area contributed by atoms with Crippen molar-refractivity contribution in [2.75, 3.05) is 19.0 Å². The summed E-state index contributed by atoms with van der Waals surface area (Å²) in [6.45, 7) is 0.957. The minimum atomic E-state index is 0.0434. The number of nitrogens with zero attached hydrogens (tertiary/aromatic N) is 2. The molecule has 0 saturated carbocycles. The normalized spacial score (nSPS) is 15.5. The van der Waals surface area contributed by atoms with Crippen LogP contribution in [0.15, 0.2) is 4.79 Å². The molecule has 13 heavy (non-hydrogen) atoms. The summed E-state index contributed by atoms with van der Waals surface area (Å²) in [4.78, 5) is 13.4. The van der Waals surface area contributed by atoms with Crippen molar-refractivity contribution in [3.63, 3.8) is 0 Å². The number of anilines is 1. The van der Waals surface area contributed by atoms with E-state index in [4.69, 9.17) is 0 Å². The van der Waals surface area contributed by atoms with Crippen molar-refractivity contribution in [2.24, 2.45) is 0 Å². The Hall–Kier alpha value is -1.19. The molecule has 1 aliphatic rings. The van der Waals surface area contributed by atoms with Gasteiger partial charge < -0.3 is 4.90 Å². The molecule has 4 heteroatoms. The van der Waals surface area contributed by atoms with Gasteiger partial charge in [0.05, 0.1) is 5.69 Å². The molecule has 0 amide bonds. The van der Waals surface area contributed by atoms with Crippen LogP contribution >= 0.6 is 0 Å². The number of aromatic amines is 1. The first-order valence-electron chi connectivity index (χ1n) is 4.69. The first-order chi connectivity index (χ1) is 6.20. The Morgan fingerprint density at radius 2 is 2.15 bits per heavy atom. The van der Waals surface area contributed by atoms with E-state index in [9.17, 15) is 4.79 Å². The molecule has 1 N–H and O–H groups in total. The second-order valence-electron chi connectivity index (χ2n) is 3.74.